The van der Waals surface area contributed by atoms with Gasteiger partial charge in [-0.3, -0.25) is 14.9 Å². The highest BCUT2D eigenvalue weighted by molar-refractivity contribution is 6.16. The Morgan fingerprint density at radius 1 is 1.53 bits per heavy atom. The van der Waals surface area contributed by atoms with Crippen molar-refractivity contribution in [1.29, 1.82) is 0 Å². The molecule has 0 aromatic heterocycles. The van der Waals surface area contributed by atoms with Crippen molar-refractivity contribution >= 4 is 11.8 Å². The summed E-state index contributed by atoms with van der Waals surface area (Å²) in [6, 6.07) is 0. The third-order valence-electron chi connectivity index (χ3n) is 2.58. The van der Waals surface area contributed by atoms with Crippen molar-refractivity contribution in [2.75, 3.05) is 0 Å². The van der Waals surface area contributed by atoms with E-state index in [9.17, 15) is 9.59 Å². The van der Waals surface area contributed by atoms with Crippen LogP contribution in [0.15, 0.2) is 24.3 Å². The molecule has 0 aromatic rings. The highest BCUT2D eigenvalue weighted by Gasteiger charge is 2.26. The van der Waals surface area contributed by atoms with E-state index >= 15 is 0 Å². The van der Waals surface area contributed by atoms with E-state index < -0.39 is 0 Å². The first-order valence-corrected chi connectivity index (χ1v) is 5.36. The molecule has 3 nitrogen and oxygen atoms in total. The summed E-state index contributed by atoms with van der Waals surface area (Å²) in [5.74, 6) is -0.377. The quantitative estimate of drug-likeness (QED) is 0.534. The van der Waals surface area contributed by atoms with Gasteiger partial charge in [0.1, 0.15) is 0 Å². The summed E-state index contributed by atoms with van der Waals surface area (Å²) in [6.07, 6.45) is 7.08. The summed E-state index contributed by atoms with van der Waals surface area (Å²) < 4.78 is 0. The molecule has 0 radical (unpaired) electrons. The zero-order valence-corrected chi connectivity index (χ0v) is 9.08. The van der Waals surface area contributed by atoms with Gasteiger partial charge in [-0.25, -0.2) is 0 Å². The fourth-order valence-corrected chi connectivity index (χ4v) is 1.78. The molecule has 0 saturated carbocycles. The minimum absolute atomic E-state index is 0.147. The normalized spacial score (nSPS) is 17.3. The first-order chi connectivity index (χ1) is 7.19. The van der Waals surface area contributed by atoms with Crippen LogP contribution in [0, 0.1) is 5.92 Å². The number of rotatable bonds is 6. The maximum atomic E-state index is 11.4. The van der Waals surface area contributed by atoms with E-state index in [-0.39, 0.29) is 17.7 Å². The first-order valence-electron chi connectivity index (χ1n) is 5.36. The van der Waals surface area contributed by atoms with E-state index in [0.717, 1.165) is 25.7 Å². The number of hydrogen-bond donors (Lipinski definition) is 1. The van der Waals surface area contributed by atoms with E-state index in [2.05, 4.69) is 18.8 Å². The van der Waals surface area contributed by atoms with Gasteiger partial charge >= 0.3 is 0 Å². The minimum Gasteiger partial charge on any atom is -0.289 e. The number of nitrogens with one attached hydrogen (secondary N) is 1. The fourth-order valence-electron chi connectivity index (χ4n) is 1.78. The monoisotopic (exact) mass is 207 g/mol. The largest absolute Gasteiger partial charge is 0.289 e. The zero-order chi connectivity index (χ0) is 11.3. The van der Waals surface area contributed by atoms with Gasteiger partial charge in [0.05, 0.1) is 0 Å². The van der Waals surface area contributed by atoms with Crippen molar-refractivity contribution < 1.29 is 9.59 Å². The van der Waals surface area contributed by atoms with E-state index in [0.29, 0.717) is 5.57 Å². The Balaban J connectivity index is 2.70. The smallest absolute Gasteiger partial charge is 0.254 e. The molecule has 0 aromatic carbocycles. The van der Waals surface area contributed by atoms with Crippen molar-refractivity contribution in [1.82, 2.24) is 5.32 Å². The van der Waals surface area contributed by atoms with Crippen LogP contribution in [0.2, 0.25) is 0 Å². The number of carbonyl (C=O) groups excluding carboxylic acids is 2. The van der Waals surface area contributed by atoms with Gasteiger partial charge in [0, 0.05) is 11.6 Å². The highest BCUT2D eigenvalue weighted by atomic mass is 16.2. The molecule has 0 spiro atoms. The van der Waals surface area contributed by atoms with Crippen LogP contribution in [-0.2, 0) is 9.59 Å². The lowest BCUT2D eigenvalue weighted by molar-refractivity contribution is -0.124. The van der Waals surface area contributed by atoms with Crippen LogP contribution in [0.4, 0.5) is 0 Å². The molecular weight excluding hydrogens is 190 g/mol. The lowest BCUT2D eigenvalue weighted by Gasteiger charge is -2.13. The molecular formula is C12H17NO2. The average Bonchev–Trinajstić information content (AvgIpc) is 2.52. The molecule has 1 atom stereocenters. The number of allylic oxidation sites excluding steroid dienone is 1. The van der Waals surface area contributed by atoms with Gasteiger partial charge < -0.3 is 0 Å². The summed E-state index contributed by atoms with van der Waals surface area (Å²) in [4.78, 5) is 22.4. The minimum atomic E-state index is -0.291. The summed E-state index contributed by atoms with van der Waals surface area (Å²) in [5.41, 5.74) is 0.619. The van der Waals surface area contributed by atoms with Gasteiger partial charge in [0.25, 0.3) is 11.8 Å². The zero-order valence-electron chi connectivity index (χ0n) is 9.08. The van der Waals surface area contributed by atoms with Crippen molar-refractivity contribution in [3.8, 4) is 0 Å². The van der Waals surface area contributed by atoms with E-state index in [4.69, 9.17) is 0 Å². The van der Waals surface area contributed by atoms with E-state index in [1.54, 1.807) is 6.08 Å². The Morgan fingerprint density at radius 2 is 2.27 bits per heavy atom. The molecule has 1 N–H and O–H groups in total. The summed E-state index contributed by atoms with van der Waals surface area (Å²) >= 11 is 0. The van der Waals surface area contributed by atoms with Crippen LogP contribution < -0.4 is 5.32 Å². The Kier molecular flexibility index (Phi) is 4.28. The molecule has 1 unspecified atom stereocenters. The van der Waals surface area contributed by atoms with Gasteiger partial charge in [-0.05, 0) is 18.8 Å². The molecule has 0 aliphatic carbocycles. The average molecular weight is 207 g/mol. The van der Waals surface area contributed by atoms with Gasteiger partial charge in [-0.2, -0.15) is 0 Å². The number of hydrogen-bond acceptors (Lipinski definition) is 2. The van der Waals surface area contributed by atoms with Crippen LogP contribution in [0.5, 0.6) is 0 Å². The van der Waals surface area contributed by atoms with Gasteiger partial charge in [0.2, 0.25) is 0 Å². The Bertz CT molecular complexity index is 305. The predicted molar refractivity (Wildman–Crippen MR) is 59.1 cm³/mol. The molecule has 2 amide bonds. The SMILES string of the molecule is C=CCC(CCCC)C1=CC(=O)NC1=O. The Labute approximate surface area is 90.2 Å². The van der Waals surface area contributed by atoms with Crippen LogP contribution in [0.25, 0.3) is 0 Å². The number of unbranched alkanes of at least 4 members (excludes halogenated alkanes) is 1. The molecule has 0 saturated heterocycles. The fraction of sp³-hybridized carbons (Fsp3) is 0.500. The maximum absolute atomic E-state index is 11.4. The van der Waals surface area contributed by atoms with Gasteiger partial charge in [-0.1, -0.05) is 25.8 Å². The predicted octanol–water partition coefficient (Wildman–Crippen LogP) is 1.95. The molecule has 0 bridgehead atoms. The maximum Gasteiger partial charge on any atom is 0.254 e. The van der Waals surface area contributed by atoms with E-state index in [1.807, 2.05) is 0 Å². The summed E-state index contributed by atoms with van der Waals surface area (Å²) in [6.45, 7) is 5.79. The van der Waals surface area contributed by atoms with Gasteiger partial charge in [-0.15, -0.1) is 6.58 Å². The molecule has 3 heteroatoms. The standard InChI is InChI=1S/C12H17NO2/c1-3-5-7-9(6-4-2)10-8-11(14)13-12(10)15/h4,8-9H,2-3,5-7H2,1H3,(H,13,14,15). The summed E-state index contributed by atoms with van der Waals surface area (Å²) in [7, 11) is 0. The molecule has 1 aliphatic rings. The van der Waals surface area contributed by atoms with Crippen molar-refractivity contribution in [2.45, 2.75) is 32.6 Å². The highest BCUT2D eigenvalue weighted by Crippen LogP contribution is 2.24. The van der Waals surface area contributed by atoms with Gasteiger partial charge in [0.15, 0.2) is 0 Å². The van der Waals surface area contributed by atoms with Crippen LogP contribution in [-0.4, -0.2) is 11.8 Å². The molecule has 15 heavy (non-hydrogen) atoms. The second-order valence-electron chi connectivity index (χ2n) is 3.78. The Hall–Kier alpha value is -1.38. The lowest BCUT2D eigenvalue weighted by Crippen LogP contribution is -2.24. The van der Waals surface area contributed by atoms with E-state index in [1.165, 1.54) is 6.08 Å². The third-order valence-corrected chi connectivity index (χ3v) is 2.58. The molecule has 1 heterocycles. The van der Waals surface area contributed by atoms with Crippen molar-refractivity contribution in [3.05, 3.63) is 24.3 Å². The molecule has 1 aliphatic heterocycles. The topological polar surface area (TPSA) is 46.2 Å². The summed E-state index contributed by atoms with van der Waals surface area (Å²) in [5, 5.41) is 2.28. The number of carbonyl (C=O) groups is 2. The molecule has 0 fully saturated rings. The molecule has 1 rings (SSSR count). The first kappa shape index (κ1) is 11.7. The van der Waals surface area contributed by atoms with Crippen LogP contribution in [0.1, 0.15) is 32.6 Å². The van der Waals surface area contributed by atoms with Crippen LogP contribution >= 0.6 is 0 Å². The van der Waals surface area contributed by atoms with Crippen molar-refractivity contribution in [2.24, 2.45) is 5.92 Å². The third kappa shape index (κ3) is 3.05. The second kappa shape index (κ2) is 5.49. The Morgan fingerprint density at radius 3 is 2.73 bits per heavy atom. The number of imide groups is 1. The molecule has 82 valence electrons. The lowest BCUT2D eigenvalue weighted by atomic mass is 9.90. The van der Waals surface area contributed by atoms with Crippen molar-refractivity contribution in [3.63, 3.8) is 0 Å². The van der Waals surface area contributed by atoms with Crippen LogP contribution in [0.3, 0.4) is 0 Å². The number of amides is 2. The second-order valence-corrected chi connectivity index (χ2v) is 3.78.